The molecule has 0 radical (unpaired) electrons. The van der Waals surface area contributed by atoms with Crippen LogP contribution >= 0.6 is 0 Å². The Morgan fingerprint density at radius 3 is 2.91 bits per heavy atom. The largest absolute Gasteiger partial charge is 0.377 e. The van der Waals surface area contributed by atoms with E-state index in [0.717, 1.165) is 61.7 Å². The van der Waals surface area contributed by atoms with Crippen LogP contribution in [0.5, 0.6) is 0 Å². The SMILES string of the molecule is CCN1CCCC1CNC(=NCc1nnc(C)n1C)NC1CCc2nc(COC)nn2C1. The number of likely N-dealkylation sites (tertiary alicyclic amines) is 1. The van der Waals surface area contributed by atoms with Gasteiger partial charge in [0.1, 0.15) is 24.8 Å². The number of aliphatic imine (C=N–C) groups is 1. The molecule has 4 rings (SSSR count). The van der Waals surface area contributed by atoms with Crippen molar-refractivity contribution in [3.8, 4) is 0 Å². The van der Waals surface area contributed by atoms with Gasteiger partial charge in [0.25, 0.3) is 0 Å². The number of fused-ring (bicyclic) bond motifs is 1. The van der Waals surface area contributed by atoms with Gasteiger partial charge in [0.2, 0.25) is 0 Å². The fraction of sp³-hybridized carbons (Fsp3) is 0.762. The molecule has 0 saturated carbocycles. The number of hydrogen-bond donors (Lipinski definition) is 2. The van der Waals surface area contributed by atoms with Crippen LogP contribution in [-0.2, 0) is 37.9 Å². The molecule has 4 heterocycles. The maximum absolute atomic E-state index is 5.18. The van der Waals surface area contributed by atoms with Gasteiger partial charge in [0, 0.05) is 39.2 Å². The molecule has 0 aliphatic carbocycles. The van der Waals surface area contributed by atoms with Gasteiger partial charge in [-0.25, -0.2) is 14.7 Å². The summed E-state index contributed by atoms with van der Waals surface area (Å²) in [6.07, 6.45) is 4.36. The zero-order chi connectivity index (χ0) is 22.5. The lowest BCUT2D eigenvalue weighted by atomic mass is 10.1. The number of hydrogen-bond acceptors (Lipinski definition) is 7. The predicted octanol–water partition coefficient (Wildman–Crippen LogP) is 0.396. The molecule has 2 atom stereocenters. The number of guanidine groups is 1. The summed E-state index contributed by atoms with van der Waals surface area (Å²) >= 11 is 0. The lowest BCUT2D eigenvalue weighted by molar-refractivity contribution is 0.177. The van der Waals surface area contributed by atoms with Gasteiger partial charge in [-0.2, -0.15) is 5.10 Å². The zero-order valence-corrected chi connectivity index (χ0v) is 19.7. The first-order valence-electron chi connectivity index (χ1n) is 11.6. The highest BCUT2D eigenvalue weighted by molar-refractivity contribution is 5.80. The highest BCUT2D eigenvalue weighted by Gasteiger charge is 2.25. The summed E-state index contributed by atoms with van der Waals surface area (Å²) in [5.74, 6) is 4.33. The van der Waals surface area contributed by atoms with E-state index in [-0.39, 0.29) is 6.04 Å². The summed E-state index contributed by atoms with van der Waals surface area (Å²) in [5, 5.41) is 20.2. The molecule has 2 N–H and O–H groups in total. The van der Waals surface area contributed by atoms with Crippen molar-refractivity contribution < 1.29 is 4.74 Å². The quantitative estimate of drug-likeness (QED) is 0.445. The van der Waals surface area contributed by atoms with Crippen LogP contribution in [0.3, 0.4) is 0 Å². The number of ether oxygens (including phenoxy) is 1. The normalized spacial score (nSPS) is 21.7. The van der Waals surface area contributed by atoms with Gasteiger partial charge in [-0.05, 0) is 39.3 Å². The highest BCUT2D eigenvalue weighted by atomic mass is 16.5. The van der Waals surface area contributed by atoms with Crippen LogP contribution in [-0.4, -0.2) is 79.2 Å². The first kappa shape index (κ1) is 22.7. The molecule has 0 aromatic carbocycles. The number of aryl methyl sites for hydroxylation is 2. The van der Waals surface area contributed by atoms with E-state index in [1.54, 1.807) is 7.11 Å². The third-order valence-corrected chi connectivity index (χ3v) is 6.49. The van der Waals surface area contributed by atoms with Crippen molar-refractivity contribution in [1.29, 1.82) is 0 Å². The van der Waals surface area contributed by atoms with E-state index >= 15 is 0 Å². The van der Waals surface area contributed by atoms with Gasteiger partial charge in [0.05, 0.1) is 6.54 Å². The number of methoxy groups -OCH3 is 1. The standard InChI is InChI=1S/C21H36N10O/c1-5-30-10-6-7-17(30)11-22-21(23-12-20-27-26-15(2)29(20)3)24-16-8-9-19-25-18(14-32-4)28-31(19)13-16/h16-17H,5-14H2,1-4H3,(H2,22,23,24). The van der Waals surface area contributed by atoms with Crippen molar-refractivity contribution in [3.05, 3.63) is 23.3 Å². The van der Waals surface area contributed by atoms with Crippen LogP contribution in [0, 0.1) is 6.92 Å². The fourth-order valence-electron chi connectivity index (χ4n) is 4.51. The van der Waals surface area contributed by atoms with Crippen LogP contribution in [0.15, 0.2) is 4.99 Å². The Kier molecular flexibility index (Phi) is 7.36. The van der Waals surface area contributed by atoms with Crippen molar-refractivity contribution in [2.75, 3.05) is 26.7 Å². The summed E-state index contributed by atoms with van der Waals surface area (Å²) < 4.78 is 9.16. The van der Waals surface area contributed by atoms with Crippen molar-refractivity contribution >= 4 is 5.96 Å². The van der Waals surface area contributed by atoms with Crippen molar-refractivity contribution in [2.24, 2.45) is 12.0 Å². The molecule has 2 aliphatic rings. The first-order chi connectivity index (χ1) is 15.6. The Labute approximate surface area is 189 Å². The molecule has 1 fully saturated rings. The Hall–Kier alpha value is -2.53. The molecule has 32 heavy (non-hydrogen) atoms. The number of nitrogens with one attached hydrogen (secondary N) is 2. The molecular weight excluding hydrogens is 408 g/mol. The average Bonchev–Trinajstić information content (AvgIpc) is 3.49. The Balaban J connectivity index is 1.43. The van der Waals surface area contributed by atoms with Gasteiger partial charge in [0.15, 0.2) is 17.6 Å². The molecule has 11 nitrogen and oxygen atoms in total. The number of likely N-dealkylation sites (N-methyl/N-ethyl adjacent to an activating group) is 1. The van der Waals surface area contributed by atoms with E-state index in [1.807, 2.05) is 23.2 Å². The minimum Gasteiger partial charge on any atom is -0.377 e. The third-order valence-electron chi connectivity index (χ3n) is 6.49. The monoisotopic (exact) mass is 444 g/mol. The van der Waals surface area contributed by atoms with Crippen LogP contribution in [0.4, 0.5) is 0 Å². The minimum absolute atomic E-state index is 0.234. The molecule has 0 bridgehead atoms. The predicted molar refractivity (Wildman–Crippen MR) is 121 cm³/mol. The van der Waals surface area contributed by atoms with Crippen molar-refractivity contribution in [1.82, 2.24) is 45.1 Å². The Bertz CT molecular complexity index is 920. The highest BCUT2D eigenvalue weighted by Crippen LogP contribution is 2.16. The fourth-order valence-corrected chi connectivity index (χ4v) is 4.51. The molecule has 176 valence electrons. The lowest BCUT2D eigenvalue weighted by Crippen LogP contribution is -2.50. The topological polar surface area (TPSA) is 110 Å². The van der Waals surface area contributed by atoms with Crippen molar-refractivity contribution in [3.63, 3.8) is 0 Å². The van der Waals surface area contributed by atoms with Crippen molar-refractivity contribution in [2.45, 2.75) is 71.3 Å². The van der Waals surface area contributed by atoms with E-state index in [2.05, 4.69) is 42.7 Å². The lowest BCUT2D eigenvalue weighted by Gasteiger charge is -2.27. The maximum Gasteiger partial charge on any atom is 0.192 e. The summed E-state index contributed by atoms with van der Waals surface area (Å²) in [7, 11) is 3.64. The van der Waals surface area contributed by atoms with E-state index in [0.29, 0.717) is 19.2 Å². The van der Waals surface area contributed by atoms with Crippen LogP contribution in [0.25, 0.3) is 0 Å². The number of aromatic nitrogens is 6. The minimum atomic E-state index is 0.234. The van der Waals surface area contributed by atoms with Gasteiger partial charge in [-0.1, -0.05) is 6.92 Å². The summed E-state index contributed by atoms with van der Waals surface area (Å²) in [5.41, 5.74) is 0. The number of rotatable bonds is 8. The molecular formula is C21H36N10O. The molecule has 0 spiro atoms. The van der Waals surface area contributed by atoms with Crippen LogP contribution < -0.4 is 10.6 Å². The first-order valence-corrected chi connectivity index (χ1v) is 11.6. The second-order valence-electron chi connectivity index (χ2n) is 8.63. The molecule has 0 amide bonds. The van der Waals surface area contributed by atoms with Gasteiger partial charge < -0.3 is 19.9 Å². The summed E-state index contributed by atoms with van der Waals surface area (Å²) in [4.78, 5) is 12.0. The van der Waals surface area contributed by atoms with Gasteiger partial charge >= 0.3 is 0 Å². The molecule has 1 saturated heterocycles. The van der Waals surface area contributed by atoms with Crippen LogP contribution in [0.2, 0.25) is 0 Å². The molecule has 11 heteroatoms. The van der Waals surface area contributed by atoms with E-state index in [4.69, 9.17) is 9.73 Å². The van der Waals surface area contributed by atoms with Crippen LogP contribution in [0.1, 0.15) is 49.5 Å². The Morgan fingerprint density at radius 2 is 2.16 bits per heavy atom. The zero-order valence-electron chi connectivity index (χ0n) is 19.7. The molecule has 2 unspecified atom stereocenters. The summed E-state index contributed by atoms with van der Waals surface area (Å²) in [6.45, 7) is 9.03. The molecule has 2 aromatic rings. The van der Waals surface area contributed by atoms with Gasteiger partial charge in [-0.15, -0.1) is 10.2 Å². The van der Waals surface area contributed by atoms with E-state index < -0.39 is 0 Å². The Morgan fingerprint density at radius 1 is 1.28 bits per heavy atom. The second kappa shape index (κ2) is 10.4. The van der Waals surface area contributed by atoms with E-state index in [1.165, 1.54) is 19.4 Å². The summed E-state index contributed by atoms with van der Waals surface area (Å²) in [6, 6.07) is 0.784. The average molecular weight is 445 g/mol. The molecule has 2 aromatic heterocycles. The number of nitrogens with zero attached hydrogens (tertiary/aromatic N) is 8. The molecule has 2 aliphatic heterocycles. The van der Waals surface area contributed by atoms with Gasteiger partial charge in [-0.3, -0.25) is 4.90 Å². The second-order valence-corrected chi connectivity index (χ2v) is 8.63. The smallest absolute Gasteiger partial charge is 0.192 e. The van der Waals surface area contributed by atoms with E-state index in [9.17, 15) is 0 Å². The maximum atomic E-state index is 5.18. The third kappa shape index (κ3) is 5.26.